The van der Waals surface area contributed by atoms with Gasteiger partial charge in [-0.3, -0.25) is 4.84 Å². The number of nitrogens with two attached hydrogens (primary N) is 1. The summed E-state index contributed by atoms with van der Waals surface area (Å²) < 4.78 is 21.8. The number of carbonyl (C=O) groups excluding carboxylic acids is 1. The van der Waals surface area contributed by atoms with Crippen LogP contribution in [0.4, 0.5) is 0 Å². The summed E-state index contributed by atoms with van der Waals surface area (Å²) in [6, 6.07) is 16.8. The van der Waals surface area contributed by atoms with E-state index in [0.29, 0.717) is 0 Å². The van der Waals surface area contributed by atoms with Crippen LogP contribution in [0.2, 0.25) is 0 Å². The number of carbonyl (C=O) groups is 1. The van der Waals surface area contributed by atoms with Crippen molar-refractivity contribution in [1.82, 2.24) is 5.48 Å². The van der Waals surface area contributed by atoms with Crippen molar-refractivity contribution in [3.63, 3.8) is 0 Å². The number of hydrogen-bond acceptors (Lipinski definition) is 6. The molecule has 0 fully saturated rings. The van der Waals surface area contributed by atoms with Gasteiger partial charge in [-0.15, -0.1) is 0 Å². The summed E-state index contributed by atoms with van der Waals surface area (Å²) in [4.78, 5) is 17.1. The largest absolute Gasteiger partial charge is 0.512 e. The van der Waals surface area contributed by atoms with Gasteiger partial charge < -0.3 is 9.05 Å². The van der Waals surface area contributed by atoms with Crippen molar-refractivity contribution in [3.8, 4) is 5.75 Å². The summed E-state index contributed by atoms with van der Waals surface area (Å²) >= 11 is 0. The second kappa shape index (κ2) is 8.61. The third-order valence-corrected chi connectivity index (χ3v) is 3.79. The molecule has 0 heterocycles. The van der Waals surface area contributed by atoms with Gasteiger partial charge in [0.15, 0.2) is 0 Å². The highest BCUT2D eigenvalue weighted by Gasteiger charge is 2.28. The molecule has 2 aromatic rings. The van der Waals surface area contributed by atoms with Crippen molar-refractivity contribution in [1.29, 1.82) is 0 Å². The van der Waals surface area contributed by atoms with Gasteiger partial charge >= 0.3 is 13.7 Å². The topological polar surface area (TPSA) is 99.9 Å². The van der Waals surface area contributed by atoms with Gasteiger partial charge in [-0.1, -0.05) is 48.5 Å². The lowest BCUT2D eigenvalue weighted by molar-refractivity contribution is -0.141. The van der Waals surface area contributed by atoms with Crippen molar-refractivity contribution < 1.29 is 23.2 Å². The Hall–Kier alpha value is -2.18. The van der Waals surface area contributed by atoms with E-state index in [-0.39, 0.29) is 12.4 Å². The lowest BCUT2D eigenvalue weighted by Gasteiger charge is -2.17. The van der Waals surface area contributed by atoms with Crippen molar-refractivity contribution in [2.24, 2.45) is 5.50 Å². The van der Waals surface area contributed by atoms with Gasteiger partial charge in [-0.05, 0) is 24.6 Å². The minimum Gasteiger partial charge on any atom is -0.405 e. The molecule has 2 aromatic carbocycles. The highest BCUT2D eigenvalue weighted by atomic mass is 31.2. The molecule has 0 aromatic heterocycles. The maximum atomic E-state index is 12.0. The van der Waals surface area contributed by atoms with Gasteiger partial charge in [-0.2, -0.15) is 5.48 Å². The van der Waals surface area contributed by atoms with Crippen LogP contribution < -0.4 is 15.5 Å². The molecule has 2 atom stereocenters. The molecule has 0 saturated heterocycles. The normalized spacial score (nSPS) is 14.4. The molecule has 128 valence electrons. The fourth-order valence-electron chi connectivity index (χ4n) is 1.72. The Morgan fingerprint density at radius 2 is 1.71 bits per heavy atom. The standard InChI is InChI=1S/C16H19N2O5P/c1-13(18-21-12-14-8-4-2-5-9-14)16(19)23-24(17,20)22-15-10-6-3-7-11-15/h2-11,13,18H,12H2,1H3,(H2,17,20)/t13-,24?/m0/s1. The van der Waals surface area contributed by atoms with Crippen LogP contribution in [0.1, 0.15) is 12.5 Å². The monoisotopic (exact) mass is 350 g/mol. The third kappa shape index (κ3) is 6.14. The molecule has 2 rings (SSSR count). The van der Waals surface area contributed by atoms with Crippen LogP contribution in [-0.4, -0.2) is 12.0 Å². The highest BCUT2D eigenvalue weighted by molar-refractivity contribution is 7.52. The molecule has 3 N–H and O–H groups in total. The first-order chi connectivity index (χ1) is 11.5. The second-order valence-electron chi connectivity index (χ2n) is 4.97. The molecule has 24 heavy (non-hydrogen) atoms. The van der Waals surface area contributed by atoms with Crippen LogP contribution in [0.3, 0.4) is 0 Å². The van der Waals surface area contributed by atoms with Crippen molar-refractivity contribution in [2.75, 3.05) is 0 Å². The zero-order valence-electron chi connectivity index (χ0n) is 13.1. The van der Waals surface area contributed by atoms with Crippen molar-refractivity contribution in [3.05, 3.63) is 66.2 Å². The Balaban J connectivity index is 1.79. The van der Waals surface area contributed by atoms with E-state index in [1.165, 1.54) is 6.92 Å². The minimum atomic E-state index is -4.06. The number of rotatable bonds is 8. The van der Waals surface area contributed by atoms with Crippen LogP contribution in [0.5, 0.6) is 5.75 Å². The number of hydroxylamine groups is 1. The molecule has 0 aliphatic rings. The van der Waals surface area contributed by atoms with E-state index < -0.39 is 19.8 Å². The smallest absolute Gasteiger partial charge is 0.405 e. The van der Waals surface area contributed by atoms with E-state index in [2.05, 4.69) is 5.48 Å². The van der Waals surface area contributed by atoms with E-state index in [1.807, 2.05) is 30.3 Å². The first kappa shape index (κ1) is 18.2. The maximum Gasteiger partial charge on any atom is 0.512 e. The van der Waals surface area contributed by atoms with Crippen LogP contribution >= 0.6 is 7.75 Å². The minimum absolute atomic E-state index is 0.247. The predicted octanol–water partition coefficient (Wildman–Crippen LogP) is 2.79. The number of para-hydroxylation sites is 1. The summed E-state index contributed by atoms with van der Waals surface area (Å²) in [6.07, 6.45) is 0. The average molecular weight is 350 g/mol. The molecule has 0 aliphatic heterocycles. The summed E-state index contributed by atoms with van der Waals surface area (Å²) in [5.74, 6) is -0.595. The first-order valence-electron chi connectivity index (χ1n) is 7.24. The summed E-state index contributed by atoms with van der Waals surface area (Å²) in [5, 5.41) is 0. The lowest BCUT2D eigenvalue weighted by atomic mass is 10.2. The zero-order chi connectivity index (χ0) is 17.4. The Morgan fingerprint density at radius 3 is 2.33 bits per heavy atom. The summed E-state index contributed by atoms with van der Waals surface area (Å²) in [7, 11) is -4.06. The van der Waals surface area contributed by atoms with Crippen LogP contribution in [0, 0.1) is 0 Å². The highest BCUT2D eigenvalue weighted by Crippen LogP contribution is 2.40. The van der Waals surface area contributed by atoms with Gasteiger partial charge in [0.1, 0.15) is 11.8 Å². The van der Waals surface area contributed by atoms with Gasteiger partial charge in [0.25, 0.3) is 0 Å². The van der Waals surface area contributed by atoms with Gasteiger partial charge in [-0.25, -0.2) is 14.9 Å². The number of nitrogens with one attached hydrogen (secondary N) is 1. The van der Waals surface area contributed by atoms with E-state index in [1.54, 1.807) is 30.3 Å². The molecule has 0 spiro atoms. The van der Waals surface area contributed by atoms with Crippen LogP contribution in [0.15, 0.2) is 60.7 Å². The molecule has 0 saturated carbocycles. The molecular weight excluding hydrogens is 331 g/mol. The fraction of sp³-hybridized carbons (Fsp3) is 0.188. The van der Waals surface area contributed by atoms with E-state index in [4.69, 9.17) is 19.4 Å². The quantitative estimate of drug-likeness (QED) is 0.558. The van der Waals surface area contributed by atoms with Crippen LogP contribution in [-0.2, 0) is 25.3 Å². The van der Waals surface area contributed by atoms with Gasteiger partial charge in [0.05, 0.1) is 6.61 Å². The third-order valence-electron chi connectivity index (χ3n) is 2.89. The summed E-state index contributed by atoms with van der Waals surface area (Å²) in [5.41, 5.74) is 8.87. The van der Waals surface area contributed by atoms with E-state index in [9.17, 15) is 9.36 Å². The predicted molar refractivity (Wildman–Crippen MR) is 88.8 cm³/mol. The molecule has 0 amide bonds. The maximum absolute atomic E-state index is 12.0. The van der Waals surface area contributed by atoms with Gasteiger partial charge in [0.2, 0.25) is 0 Å². The number of hydrogen-bond donors (Lipinski definition) is 2. The molecule has 0 bridgehead atoms. The van der Waals surface area contributed by atoms with E-state index in [0.717, 1.165) is 5.56 Å². The Morgan fingerprint density at radius 1 is 1.12 bits per heavy atom. The zero-order valence-corrected chi connectivity index (χ0v) is 14.0. The number of benzene rings is 2. The lowest BCUT2D eigenvalue weighted by Crippen LogP contribution is -2.35. The van der Waals surface area contributed by atoms with Crippen molar-refractivity contribution in [2.45, 2.75) is 19.6 Å². The molecule has 8 heteroatoms. The molecular formula is C16H19N2O5P. The fourth-order valence-corrected chi connectivity index (χ4v) is 2.59. The SMILES string of the molecule is C[C@H](NOCc1ccccc1)C(=O)OP(N)(=O)Oc1ccccc1. The first-order valence-corrected chi connectivity index (χ1v) is 8.85. The second-order valence-corrected chi connectivity index (χ2v) is 6.41. The molecule has 0 radical (unpaired) electrons. The van der Waals surface area contributed by atoms with E-state index >= 15 is 0 Å². The Labute approximate surface area is 140 Å². The Kier molecular flexibility index (Phi) is 6.52. The van der Waals surface area contributed by atoms with Crippen LogP contribution in [0.25, 0.3) is 0 Å². The Bertz CT molecular complexity index is 696. The van der Waals surface area contributed by atoms with Gasteiger partial charge in [0, 0.05) is 0 Å². The molecule has 1 unspecified atom stereocenters. The molecule has 7 nitrogen and oxygen atoms in total. The molecule has 0 aliphatic carbocycles. The van der Waals surface area contributed by atoms with Crippen molar-refractivity contribution >= 4 is 13.7 Å². The summed E-state index contributed by atoms with van der Waals surface area (Å²) in [6.45, 7) is 1.76. The average Bonchev–Trinajstić information content (AvgIpc) is 2.55.